The van der Waals surface area contributed by atoms with Crippen molar-refractivity contribution in [2.45, 2.75) is 70.3 Å². The van der Waals surface area contributed by atoms with Crippen LogP contribution in [0.5, 0.6) is 0 Å². The minimum absolute atomic E-state index is 0.502. The molecule has 0 bridgehead atoms. The van der Waals surface area contributed by atoms with E-state index in [1.54, 1.807) is 0 Å². The van der Waals surface area contributed by atoms with Gasteiger partial charge in [0.25, 0.3) is 0 Å². The van der Waals surface area contributed by atoms with Crippen LogP contribution in [0, 0.1) is 0 Å². The van der Waals surface area contributed by atoms with Crippen molar-refractivity contribution in [3.05, 3.63) is 11.5 Å². The number of ether oxygens (including phenoxy) is 1. The lowest BCUT2D eigenvalue weighted by Crippen LogP contribution is -2.16. The van der Waals surface area contributed by atoms with Gasteiger partial charge in [0.2, 0.25) is 0 Å². The van der Waals surface area contributed by atoms with Crippen LogP contribution in [0.3, 0.4) is 0 Å². The molecule has 2 heterocycles. The number of rotatable bonds is 4. The Morgan fingerprint density at radius 2 is 1.85 bits per heavy atom. The Bertz CT molecular complexity index is 443. The first-order valence-electron chi connectivity index (χ1n) is 8.24. The van der Waals surface area contributed by atoms with Crippen LogP contribution in [0.25, 0.3) is 0 Å². The summed E-state index contributed by atoms with van der Waals surface area (Å²) in [4.78, 5) is 5.02. The first-order valence-corrected chi connectivity index (χ1v) is 8.24. The van der Waals surface area contributed by atoms with Crippen molar-refractivity contribution < 1.29 is 4.74 Å². The summed E-state index contributed by atoms with van der Waals surface area (Å²) in [5.41, 5.74) is 7.60. The highest BCUT2D eigenvalue weighted by atomic mass is 16.5. The highest BCUT2D eigenvalue weighted by Crippen LogP contribution is 2.38. The molecule has 3 rings (SSSR count). The maximum atomic E-state index is 6.45. The van der Waals surface area contributed by atoms with Gasteiger partial charge in [-0.05, 0) is 32.1 Å². The molecule has 0 unspecified atom stereocenters. The number of hydrogen-bond acceptors (Lipinski definition) is 3. The average Bonchev–Trinajstić information content (AvgIpc) is 3.10. The van der Waals surface area contributed by atoms with Crippen molar-refractivity contribution in [1.29, 1.82) is 0 Å². The third-order valence-electron chi connectivity index (χ3n) is 4.84. The molecule has 2 aliphatic rings. The van der Waals surface area contributed by atoms with Gasteiger partial charge in [-0.25, -0.2) is 4.98 Å². The van der Waals surface area contributed by atoms with Crippen LogP contribution < -0.4 is 5.73 Å². The fourth-order valence-electron chi connectivity index (χ4n) is 3.73. The van der Waals surface area contributed by atoms with Crippen molar-refractivity contribution >= 4 is 5.82 Å². The Balaban J connectivity index is 1.91. The van der Waals surface area contributed by atoms with Crippen molar-refractivity contribution in [2.24, 2.45) is 0 Å². The molecule has 0 aromatic carbocycles. The van der Waals surface area contributed by atoms with E-state index in [-0.39, 0.29) is 0 Å². The van der Waals surface area contributed by atoms with Gasteiger partial charge < -0.3 is 15.0 Å². The van der Waals surface area contributed by atoms with Gasteiger partial charge in [-0.15, -0.1) is 0 Å². The summed E-state index contributed by atoms with van der Waals surface area (Å²) < 4.78 is 7.78. The summed E-state index contributed by atoms with van der Waals surface area (Å²) in [6, 6.07) is 0. The third kappa shape index (κ3) is 2.58. The zero-order chi connectivity index (χ0) is 13.9. The molecule has 2 fully saturated rings. The molecular weight excluding hydrogens is 250 g/mol. The summed E-state index contributed by atoms with van der Waals surface area (Å²) in [5.74, 6) is 3.34. The molecule has 1 saturated carbocycles. The lowest BCUT2D eigenvalue weighted by Gasteiger charge is -2.20. The molecule has 0 amide bonds. The molecule has 0 spiro atoms. The second kappa shape index (κ2) is 6.17. The summed E-state index contributed by atoms with van der Waals surface area (Å²) in [7, 11) is 0. The maximum absolute atomic E-state index is 6.45. The number of anilines is 1. The van der Waals surface area contributed by atoms with E-state index in [0.717, 1.165) is 50.5 Å². The van der Waals surface area contributed by atoms with Crippen LogP contribution >= 0.6 is 0 Å². The minimum atomic E-state index is 0.502. The number of imidazole rings is 1. The predicted molar refractivity (Wildman–Crippen MR) is 80.9 cm³/mol. The molecule has 1 aromatic heterocycles. The lowest BCUT2D eigenvalue weighted by molar-refractivity contribution is 0.0847. The van der Waals surface area contributed by atoms with E-state index in [2.05, 4.69) is 11.5 Å². The standard InChI is InChI=1S/C16H27N3O/c1-2-9-19-15(17)14(12-7-10-20-11-8-12)18-16(19)13-5-3-4-6-13/h12-13H,2-11,17H2,1H3. The average molecular weight is 277 g/mol. The van der Waals surface area contributed by atoms with Gasteiger partial charge in [0.1, 0.15) is 11.6 Å². The van der Waals surface area contributed by atoms with Gasteiger partial charge in [-0.2, -0.15) is 0 Å². The predicted octanol–water partition coefficient (Wildman–Crippen LogP) is 3.43. The van der Waals surface area contributed by atoms with E-state index >= 15 is 0 Å². The Hall–Kier alpha value is -1.03. The topological polar surface area (TPSA) is 53.1 Å². The molecule has 112 valence electrons. The zero-order valence-corrected chi connectivity index (χ0v) is 12.6. The van der Waals surface area contributed by atoms with Crippen LogP contribution in [-0.2, 0) is 11.3 Å². The van der Waals surface area contributed by atoms with E-state index in [1.165, 1.54) is 31.5 Å². The maximum Gasteiger partial charge on any atom is 0.127 e. The molecule has 4 heteroatoms. The van der Waals surface area contributed by atoms with Crippen LogP contribution in [-0.4, -0.2) is 22.8 Å². The number of nitrogens with two attached hydrogens (primary N) is 1. The van der Waals surface area contributed by atoms with Crippen LogP contribution in [0.2, 0.25) is 0 Å². The molecule has 20 heavy (non-hydrogen) atoms. The monoisotopic (exact) mass is 277 g/mol. The Kier molecular flexibility index (Phi) is 4.29. The third-order valence-corrected chi connectivity index (χ3v) is 4.84. The number of aromatic nitrogens is 2. The first-order chi connectivity index (χ1) is 9.81. The molecule has 0 radical (unpaired) electrons. The second-order valence-electron chi connectivity index (χ2n) is 6.26. The van der Waals surface area contributed by atoms with Crippen molar-refractivity contribution in [1.82, 2.24) is 9.55 Å². The van der Waals surface area contributed by atoms with Gasteiger partial charge in [0.15, 0.2) is 0 Å². The van der Waals surface area contributed by atoms with Gasteiger partial charge in [0, 0.05) is 31.6 Å². The zero-order valence-electron chi connectivity index (χ0n) is 12.6. The van der Waals surface area contributed by atoms with E-state index in [9.17, 15) is 0 Å². The number of nitrogen functional groups attached to an aromatic ring is 1. The number of hydrogen-bond donors (Lipinski definition) is 1. The van der Waals surface area contributed by atoms with Gasteiger partial charge >= 0.3 is 0 Å². The molecule has 1 saturated heterocycles. The molecule has 2 N–H and O–H groups in total. The highest BCUT2D eigenvalue weighted by Gasteiger charge is 2.28. The lowest BCUT2D eigenvalue weighted by atomic mass is 9.96. The van der Waals surface area contributed by atoms with Gasteiger partial charge in [-0.1, -0.05) is 19.8 Å². The summed E-state index contributed by atoms with van der Waals surface area (Å²) >= 11 is 0. The molecule has 1 aliphatic carbocycles. The summed E-state index contributed by atoms with van der Waals surface area (Å²) in [5, 5.41) is 0. The fraction of sp³-hybridized carbons (Fsp3) is 0.812. The van der Waals surface area contributed by atoms with Gasteiger partial charge in [0.05, 0.1) is 5.69 Å². The Morgan fingerprint density at radius 3 is 2.50 bits per heavy atom. The molecule has 1 aliphatic heterocycles. The van der Waals surface area contributed by atoms with Crippen molar-refractivity contribution in [3.8, 4) is 0 Å². The van der Waals surface area contributed by atoms with Crippen LogP contribution in [0.15, 0.2) is 0 Å². The first kappa shape index (κ1) is 13.9. The Morgan fingerprint density at radius 1 is 1.15 bits per heavy atom. The molecule has 4 nitrogen and oxygen atoms in total. The quantitative estimate of drug-likeness (QED) is 0.917. The Labute approximate surface area is 121 Å². The smallest absolute Gasteiger partial charge is 0.127 e. The van der Waals surface area contributed by atoms with Crippen molar-refractivity contribution in [2.75, 3.05) is 18.9 Å². The minimum Gasteiger partial charge on any atom is -0.384 e. The highest BCUT2D eigenvalue weighted by molar-refractivity contribution is 5.41. The van der Waals surface area contributed by atoms with Crippen LogP contribution in [0.4, 0.5) is 5.82 Å². The van der Waals surface area contributed by atoms with Crippen LogP contribution in [0.1, 0.15) is 75.2 Å². The molecular formula is C16H27N3O. The number of nitrogens with zero attached hydrogens (tertiary/aromatic N) is 2. The largest absolute Gasteiger partial charge is 0.384 e. The van der Waals surface area contributed by atoms with E-state index in [4.69, 9.17) is 15.5 Å². The molecule has 0 atom stereocenters. The van der Waals surface area contributed by atoms with Crippen molar-refractivity contribution in [3.63, 3.8) is 0 Å². The van der Waals surface area contributed by atoms with Gasteiger partial charge in [-0.3, -0.25) is 0 Å². The summed E-state index contributed by atoms with van der Waals surface area (Å²) in [6.45, 7) is 4.92. The molecule has 1 aromatic rings. The SMILES string of the molecule is CCCn1c(C2CCCC2)nc(C2CCOCC2)c1N. The van der Waals surface area contributed by atoms with E-state index in [1.807, 2.05) is 0 Å². The summed E-state index contributed by atoms with van der Waals surface area (Å²) in [6.07, 6.45) is 8.51. The fourth-order valence-corrected chi connectivity index (χ4v) is 3.73. The van der Waals surface area contributed by atoms with E-state index in [0.29, 0.717) is 11.8 Å². The second-order valence-corrected chi connectivity index (χ2v) is 6.26. The normalized spacial score (nSPS) is 21.6. The van der Waals surface area contributed by atoms with E-state index < -0.39 is 0 Å².